The number of amides is 2. The summed E-state index contributed by atoms with van der Waals surface area (Å²) in [5, 5.41) is 20.1. The minimum Gasteiger partial charge on any atom is -0.475 e. The van der Waals surface area contributed by atoms with Crippen LogP contribution in [0.3, 0.4) is 0 Å². The highest BCUT2D eigenvalue weighted by atomic mass is 32.2. The summed E-state index contributed by atoms with van der Waals surface area (Å²) in [7, 11) is 0. The molecule has 2 heterocycles. The molecule has 5 rings (SSSR count). The van der Waals surface area contributed by atoms with Crippen molar-refractivity contribution in [2.75, 3.05) is 24.7 Å². The van der Waals surface area contributed by atoms with Gasteiger partial charge in [-0.25, -0.2) is 19.4 Å². The molecule has 3 aromatic carbocycles. The van der Waals surface area contributed by atoms with Crippen LogP contribution in [-0.4, -0.2) is 68.3 Å². The van der Waals surface area contributed by atoms with E-state index in [4.69, 9.17) is 24.7 Å². The standard InChI is InChI=1S/C27H26N4O4S.C2HF3O2/c1-36-26-29-22-13-12-20(28-25(32)30-14-4-5-15-30)16-23(22)31(26)17-18-8-10-19(11-9-18)21-6-2-3-7-24(21)35-27(33)34;3-2(4,5)1(6)7/h2-3,6-13,16H,4-5,14-15,17H2,1H3,(H,28,32)(H,33,34);(H,6,7). The number of para-hydroxylation sites is 1. The largest absolute Gasteiger partial charge is 0.511 e. The van der Waals surface area contributed by atoms with Crippen molar-refractivity contribution in [3.8, 4) is 16.9 Å². The number of rotatable bonds is 6. The van der Waals surface area contributed by atoms with Gasteiger partial charge in [0.05, 0.1) is 17.6 Å². The van der Waals surface area contributed by atoms with E-state index in [2.05, 4.69) is 9.88 Å². The number of aromatic nitrogens is 2. The summed E-state index contributed by atoms with van der Waals surface area (Å²) in [4.78, 5) is 39.1. The summed E-state index contributed by atoms with van der Waals surface area (Å²) < 4.78 is 38.8. The van der Waals surface area contributed by atoms with Crippen LogP contribution in [0.4, 0.5) is 28.4 Å². The molecule has 4 aromatic rings. The molecular weight excluding hydrogens is 589 g/mol. The summed E-state index contributed by atoms with van der Waals surface area (Å²) >= 11 is 1.57. The van der Waals surface area contributed by atoms with Gasteiger partial charge < -0.3 is 29.7 Å². The second kappa shape index (κ2) is 13.5. The number of imidazole rings is 1. The Kier molecular flexibility index (Phi) is 9.80. The predicted octanol–water partition coefficient (Wildman–Crippen LogP) is 6.79. The van der Waals surface area contributed by atoms with Gasteiger partial charge in [0.25, 0.3) is 0 Å². The number of nitrogens with zero attached hydrogens (tertiary/aromatic N) is 3. The number of alkyl halides is 3. The number of aliphatic carboxylic acids is 1. The van der Waals surface area contributed by atoms with E-state index in [1.807, 2.05) is 65.8 Å². The lowest BCUT2D eigenvalue weighted by atomic mass is 10.0. The van der Waals surface area contributed by atoms with E-state index in [0.717, 1.165) is 58.9 Å². The Morgan fingerprint density at radius 3 is 2.26 bits per heavy atom. The van der Waals surface area contributed by atoms with E-state index in [9.17, 15) is 22.8 Å². The van der Waals surface area contributed by atoms with E-state index in [1.54, 1.807) is 23.9 Å². The molecule has 0 spiro atoms. The lowest BCUT2D eigenvalue weighted by Gasteiger charge is -2.16. The first-order valence-corrected chi connectivity index (χ1v) is 14.2. The number of benzene rings is 3. The highest BCUT2D eigenvalue weighted by molar-refractivity contribution is 7.98. The molecule has 0 saturated carbocycles. The number of urea groups is 1. The average Bonchev–Trinajstić information content (AvgIpc) is 3.62. The van der Waals surface area contributed by atoms with Gasteiger partial charge in [0.1, 0.15) is 5.75 Å². The van der Waals surface area contributed by atoms with Gasteiger partial charge in [0.15, 0.2) is 5.16 Å². The zero-order valence-electron chi connectivity index (χ0n) is 22.8. The predicted molar refractivity (Wildman–Crippen MR) is 155 cm³/mol. The molecule has 1 aromatic heterocycles. The molecule has 3 N–H and O–H groups in total. The minimum atomic E-state index is -5.08. The normalized spacial score (nSPS) is 12.9. The van der Waals surface area contributed by atoms with Crippen molar-refractivity contribution in [2.45, 2.75) is 30.7 Å². The molecule has 0 bridgehead atoms. The molecule has 2 amide bonds. The first-order chi connectivity index (χ1) is 20.5. The molecule has 0 atom stereocenters. The van der Waals surface area contributed by atoms with Crippen LogP contribution in [0.2, 0.25) is 0 Å². The molecule has 43 heavy (non-hydrogen) atoms. The summed E-state index contributed by atoms with van der Waals surface area (Å²) in [6.45, 7) is 2.20. The number of hydrogen-bond acceptors (Lipinski definition) is 6. The number of halogens is 3. The first-order valence-electron chi connectivity index (χ1n) is 13.0. The van der Waals surface area contributed by atoms with Crippen molar-refractivity contribution >= 4 is 46.6 Å². The number of carboxylic acid groups (broad SMARTS) is 2. The molecule has 226 valence electrons. The summed E-state index contributed by atoms with van der Waals surface area (Å²) in [5.41, 5.74) is 5.21. The minimum absolute atomic E-state index is 0.0641. The zero-order chi connectivity index (χ0) is 31.1. The summed E-state index contributed by atoms with van der Waals surface area (Å²) in [5.74, 6) is -2.46. The van der Waals surface area contributed by atoms with E-state index in [0.29, 0.717) is 17.9 Å². The van der Waals surface area contributed by atoms with E-state index in [1.165, 1.54) is 0 Å². The van der Waals surface area contributed by atoms with E-state index >= 15 is 0 Å². The third-order valence-corrected chi connectivity index (χ3v) is 7.15. The van der Waals surface area contributed by atoms with Crippen LogP contribution in [0.25, 0.3) is 22.2 Å². The summed E-state index contributed by atoms with van der Waals surface area (Å²) in [6, 6.07) is 20.8. The SMILES string of the molecule is CSc1nc2ccc(NC(=O)N3CCCC3)cc2n1Cc1ccc(-c2ccccc2OC(=O)O)cc1.O=C(O)C(F)(F)F. The van der Waals surface area contributed by atoms with Gasteiger partial charge in [-0.05, 0) is 54.5 Å². The van der Waals surface area contributed by atoms with E-state index < -0.39 is 18.3 Å². The van der Waals surface area contributed by atoms with Crippen LogP contribution >= 0.6 is 11.8 Å². The Labute approximate surface area is 248 Å². The number of carboxylic acids is 1. The Bertz CT molecular complexity index is 1620. The van der Waals surface area contributed by atoms with Gasteiger partial charge in [-0.1, -0.05) is 54.2 Å². The third kappa shape index (κ3) is 7.97. The third-order valence-electron chi connectivity index (χ3n) is 6.47. The number of carbonyl (C=O) groups excluding carboxylic acids is 1. The topological polar surface area (TPSA) is 134 Å². The number of anilines is 1. The van der Waals surface area contributed by atoms with Gasteiger partial charge in [-0.2, -0.15) is 13.2 Å². The number of hydrogen-bond donors (Lipinski definition) is 3. The molecule has 0 unspecified atom stereocenters. The van der Waals surface area contributed by atoms with Crippen molar-refractivity contribution in [3.63, 3.8) is 0 Å². The Balaban J connectivity index is 0.000000541. The number of likely N-dealkylation sites (tertiary alicyclic amines) is 1. The monoisotopic (exact) mass is 616 g/mol. The first kappa shape index (κ1) is 31.2. The van der Waals surface area contributed by atoms with Gasteiger partial charge >= 0.3 is 24.3 Å². The Morgan fingerprint density at radius 1 is 1.00 bits per heavy atom. The van der Waals surface area contributed by atoms with Gasteiger partial charge in [-0.15, -0.1) is 0 Å². The number of ether oxygens (including phenoxy) is 1. The van der Waals surface area contributed by atoms with Crippen LogP contribution in [0.1, 0.15) is 18.4 Å². The second-order valence-electron chi connectivity index (χ2n) is 9.38. The van der Waals surface area contributed by atoms with Crippen LogP contribution in [-0.2, 0) is 11.3 Å². The molecule has 0 aliphatic carbocycles. The average molecular weight is 617 g/mol. The molecule has 1 saturated heterocycles. The van der Waals surface area contributed by atoms with Crippen molar-refractivity contribution in [2.24, 2.45) is 0 Å². The molecular formula is C29H27F3N4O6S. The molecule has 0 radical (unpaired) electrons. The molecule has 14 heteroatoms. The lowest BCUT2D eigenvalue weighted by Crippen LogP contribution is -2.32. The number of carbonyl (C=O) groups is 3. The molecule has 1 aliphatic rings. The van der Waals surface area contributed by atoms with Gasteiger partial charge in [-0.3, -0.25) is 0 Å². The van der Waals surface area contributed by atoms with Crippen LogP contribution in [0.15, 0.2) is 71.9 Å². The molecule has 1 fully saturated rings. The van der Waals surface area contributed by atoms with Crippen molar-refractivity contribution < 1.29 is 42.5 Å². The second-order valence-corrected chi connectivity index (χ2v) is 10.1. The number of thioether (sulfide) groups is 1. The van der Waals surface area contributed by atoms with Gasteiger partial charge in [0.2, 0.25) is 0 Å². The van der Waals surface area contributed by atoms with Crippen molar-refractivity contribution in [3.05, 3.63) is 72.3 Å². The highest BCUT2D eigenvalue weighted by Gasteiger charge is 2.38. The zero-order valence-corrected chi connectivity index (χ0v) is 23.6. The smallest absolute Gasteiger partial charge is 0.475 e. The summed E-state index contributed by atoms with van der Waals surface area (Å²) in [6.07, 6.45) is -2.33. The maximum atomic E-state index is 12.6. The highest BCUT2D eigenvalue weighted by Crippen LogP contribution is 2.31. The van der Waals surface area contributed by atoms with Crippen molar-refractivity contribution in [1.82, 2.24) is 14.5 Å². The molecule has 1 aliphatic heterocycles. The Morgan fingerprint density at radius 2 is 1.65 bits per heavy atom. The number of nitrogens with one attached hydrogen (secondary N) is 1. The fourth-order valence-corrected chi connectivity index (χ4v) is 5.04. The van der Waals surface area contributed by atoms with Crippen LogP contribution < -0.4 is 10.1 Å². The number of fused-ring (bicyclic) bond motifs is 1. The van der Waals surface area contributed by atoms with Crippen LogP contribution in [0.5, 0.6) is 5.75 Å². The quantitative estimate of drug-likeness (QED) is 0.123. The molecule has 10 nitrogen and oxygen atoms in total. The maximum Gasteiger partial charge on any atom is 0.511 e. The maximum absolute atomic E-state index is 12.6. The van der Waals surface area contributed by atoms with Gasteiger partial charge in [0, 0.05) is 24.3 Å². The van der Waals surface area contributed by atoms with E-state index in [-0.39, 0.29) is 6.03 Å². The Hall–Kier alpha value is -4.72. The fourth-order valence-electron chi connectivity index (χ4n) is 4.47. The lowest BCUT2D eigenvalue weighted by molar-refractivity contribution is -0.192. The fraction of sp³-hybridized carbons (Fsp3) is 0.241. The van der Waals surface area contributed by atoms with Crippen molar-refractivity contribution in [1.29, 1.82) is 0 Å². The van der Waals surface area contributed by atoms with Crippen LogP contribution in [0, 0.1) is 0 Å².